The smallest absolute Gasteiger partial charge is 0.0821 e. The van der Waals surface area contributed by atoms with Crippen molar-refractivity contribution in [3.63, 3.8) is 0 Å². The predicted molar refractivity (Wildman–Crippen MR) is 69.4 cm³/mol. The molecule has 2 heterocycles. The maximum Gasteiger partial charge on any atom is 0.0821 e. The van der Waals surface area contributed by atoms with Crippen LogP contribution in [0, 0.1) is 0 Å². The van der Waals surface area contributed by atoms with Gasteiger partial charge in [-0.1, -0.05) is 0 Å². The zero-order valence-corrected chi connectivity index (χ0v) is 11.3. The molecule has 1 atom stereocenters. The molecule has 0 spiro atoms. The van der Waals surface area contributed by atoms with Crippen LogP contribution < -0.4 is 0 Å². The number of hydrogen-bond acceptors (Lipinski definition) is 4. The summed E-state index contributed by atoms with van der Waals surface area (Å²) in [7, 11) is 2.13. The van der Waals surface area contributed by atoms with E-state index in [-0.39, 0.29) is 6.10 Å². The first kappa shape index (κ1) is 13.5. The van der Waals surface area contributed by atoms with Gasteiger partial charge in [-0.2, -0.15) is 5.10 Å². The molecule has 0 aromatic carbocycles. The largest absolute Gasteiger partial charge is 0.376 e. The Hall–Kier alpha value is -0.910. The van der Waals surface area contributed by atoms with Gasteiger partial charge in [-0.15, -0.1) is 0 Å². The SMILES string of the molecule is CCn1cc(CN(C)CCC2COCCO2)cn1. The molecule has 0 amide bonds. The van der Waals surface area contributed by atoms with Gasteiger partial charge in [0.1, 0.15) is 0 Å². The number of aromatic nitrogens is 2. The summed E-state index contributed by atoms with van der Waals surface area (Å²) < 4.78 is 13.0. The Balaban J connectivity index is 1.69. The molecule has 0 N–H and O–H groups in total. The molecule has 0 saturated carbocycles. The van der Waals surface area contributed by atoms with Crippen LogP contribution in [0.25, 0.3) is 0 Å². The van der Waals surface area contributed by atoms with Crippen molar-refractivity contribution in [3.8, 4) is 0 Å². The minimum absolute atomic E-state index is 0.263. The second-order valence-electron chi connectivity index (χ2n) is 4.80. The Morgan fingerprint density at radius 1 is 1.50 bits per heavy atom. The fourth-order valence-electron chi connectivity index (χ4n) is 2.12. The van der Waals surface area contributed by atoms with E-state index in [1.807, 2.05) is 10.9 Å². The molecule has 0 aliphatic carbocycles. The molecule has 0 radical (unpaired) electrons. The van der Waals surface area contributed by atoms with Crippen molar-refractivity contribution < 1.29 is 9.47 Å². The van der Waals surface area contributed by atoms with Gasteiger partial charge < -0.3 is 14.4 Å². The normalized spacial score (nSPS) is 20.5. The first-order valence-corrected chi connectivity index (χ1v) is 6.67. The number of rotatable bonds is 6. The molecule has 1 aromatic rings. The Kier molecular flexibility index (Phi) is 5.16. The van der Waals surface area contributed by atoms with Crippen molar-refractivity contribution in [3.05, 3.63) is 18.0 Å². The van der Waals surface area contributed by atoms with Gasteiger partial charge in [0.25, 0.3) is 0 Å². The van der Waals surface area contributed by atoms with Crippen molar-refractivity contribution >= 4 is 0 Å². The van der Waals surface area contributed by atoms with Crippen molar-refractivity contribution in [1.82, 2.24) is 14.7 Å². The Bertz CT molecular complexity index is 348. The van der Waals surface area contributed by atoms with E-state index in [0.717, 1.165) is 45.9 Å². The summed E-state index contributed by atoms with van der Waals surface area (Å²) in [6.45, 7) is 7.19. The van der Waals surface area contributed by atoms with E-state index in [0.29, 0.717) is 0 Å². The molecule has 5 heteroatoms. The number of nitrogens with zero attached hydrogens (tertiary/aromatic N) is 3. The van der Waals surface area contributed by atoms with E-state index in [1.54, 1.807) is 0 Å². The van der Waals surface area contributed by atoms with Crippen LogP contribution in [-0.4, -0.2) is 54.2 Å². The van der Waals surface area contributed by atoms with Crippen LogP contribution in [0.3, 0.4) is 0 Å². The highest BCUT2D eigenvalue weighted by Crippen LogP contribution is 2.08. The fourth-order valence-corrected chi connectivity index (χ4v) is 2.12. The van der Waals surface area contributed by atoms with Gasteiger partial charge in [0.05, 0.1) is 32.1 Å². The van der Waals surface area contributed by atoms with E-state index in [9.17, 15) is 0 Å². The molecule has 1 aliphatic heterocycles. The van der Waals surface area contributed by atoms with Crippen molar-refractivity contribution in [1.29, 1.82) is 0 Å². The molecule has 5 nitrogen and oxygen atoms in total. The molecular weight excluding hydrogens is 230 g/mol. The van der Waals surface area contributed by atoms with Crippen LogP contribution in [0.4, 0.5) is 0 Å². The van der Waals surface area contributed by atoms with Gasteiger partial charge in [-0.25, -0.2) is 0 Å². The highest BCUT2D eigenvalue weighted by atomic mass is 16.6. The molecule has 18 heavy (non-hydrogen) atoms. The van der Waals surface area contributed by atoms with Crippen LogP contribution in [0.5, 0.6) is 0 Å². The topological polar surface area (TPSA) is 39.5 Å². The molecule has 1 saturated heterocycles. The summed E-state index contributed by atoms with van der Waals surface area (Å²) in [6, 6.07) is 0. The van der Waals surface area contributed by atoms with Gasteiger partial charge >= 0.3 is 0 Å². The van der Waals surface area contributed by atoms with Gasteiger partial charge in [0.2, 0.25) is 0 Å². The monoisotopic (exact) mass is 253 g/mol. The Labute approximate surface area is 109 Å². The highest BCUT2D eigenvalue weighted by molar-refractivity contribution is 5.03. The third kappa shape index (κ3) is 4.08. The quantitative estimate of drug-likeness (QED) is 0.762. The second-order valence-corrected chi connectivity index (χ2v) is 4.80. The third-order valence-corrected chi connectivity index (χ3v) is 3.18. The summed E-state index contributed by atoms with van der Waals surface area (Å²) in [5, 5.41) is 4.28. The molecule has 0 bridgehead atoms. The molecule has 1 aliphatic rings. The van der Waals surface area contributed by atoms with Gasteiger partial charge in [-0.05, 0) is 20.4 Å². The maximum absolute atomic E-state index is 5.63. The molecule has 1 unspecified atom stereocenters. The predicted octanol–water partition coefficient (Wildman–Crippen LogP) is 1.14. The molecular formula is C13H23N3O2. The first-order chi connectivity index (χ1) is 8.78. The summed E-state index contributed by atoms with van der Waals surface area (Å²) in [5.74, 6) is 0. The van der Waals surface area contributed by atoms with Crippen molar-refractivity contribution in [2.45, 2.75) is 32.5 Å². The van der Waals surface area contributed by atoms with Gasteiger partial charge in [0.15, 0.2) is 0 Å². The van der Waals surface area contributed by atoms with Crippen LogP contribution in [-0.2, 0) is 22.6 Å². The number of hydrogen-bond donors (Lipinski definition) is 0. The molecule has 2 rings (SSSR count). The number of aryl methyl sites for hydroxylation is 1. The van der Waals surface area contributed by atoms with E-state index in [1.165, 1.54) is 5.56 Å². The van der Waals surface area contributed by atoms with E-state index in [4.69, 9.17) is 9.47 Å². The second kappa shape index (κ2) is 6.87. The minimum atomic E-state index is 0.263. The van der Waals surface area contributed by atoms with Crippen LogP contribution in [0.1, 0.15) is 18.9 Å². The average Bonchev–Trinajstić information content (AvgIpc) is 2.85. The van der Waals surface area contributed by atoms with Crippen LogP contribution in [0.15, 0.2) is 12.4 Å². The van der Waals surface area contributed by atoms with Gasteiger partial charge in [0, 0.05) is 31.4 Å². The van der Waals surface area contributed by atoms with Crippen molar-refractivity contribution in [2.75, 3.05) is 33.4 Å². The van der Waals surface area contributed by atoms with E-state index >= 15 is 0 Å². The summed E-state index contributed by atoms with van der Waals surface area (Å²) in [4.78, 5) is 2.30. The standard InChI is InChI=1S/C13H23N3O2/c1-3-16-10-12(8-14-16)9-15(2)5-4-13-11-17-6-7-18-13/h8,10,13H,3-7,9,11H2,1-2H3. The van der Waals surface area contributed by atoms with E-state index in [2.05, 4.69) is 30.2 Å². The zero-order valence-electron chi connectivity index (χ0n) is 11.3. The lowest BCUT2D eigenvalue weighted by Crippen LogP contribution is -2.32. The average molecular weight is 253 g/mol. The molecule has 1 fully saturated rings. The van der Waals surface area contributed by atoms with Crippen LogP contribution in [0.2, 0.25) is 0 Å². The molecule has 102 valence electrons. The van der Waals surface area contributed by atoms with E-state index < -0.39 is 0 Å². The third-order valence-electron chi connectivity index (χ3n) is 3.18. The Morgan fingerprint density at radius 3 is 3.06 bits per heavy atom. The van der Waals surface area contributed by atoms with Gasteiger partial charge in [-0.3, -0.25) is 4.68 Å². The summed E-state index contributed by atoms with van der Waals surface area (Å²) in [5.41, 5.74) is 1.26. The molecule has 1 aromatic heterocycles. The first-order valence-electron chi connectivity index (χ1n) is 6.67. The summed E-state index contributed by atoms with van der Waals surface area (Å²) in [6.07, 6.45) is 5.34. The maximum atomic E-state index is 5.63. The van der Waals surface area contributed by atoms with Crippen LogP contribution >= 0.6 is 0 Å². The minimum Gasteiger partial charge on any atom is -0.376 e. The lowest BCUT2D eigenvalue weighted by molar-refractivity contribution is -0.0923. The highest BCUT2D eigenvalue weighted by Gasteiger charge is 2.14. The zero-order chi connectivity index (χ0) is 12.8. The van der Waals surface area contributed by atoms with Crippen molar-refractivity contribution in [2.24, 2.45) is 0 Å². The lowest BCUT2D eigenvalue weighted by Gasteiger charge is -2.25. The number of ether oxygens (including phenoxy) is 2. The summed E-state index contributed by atoms with van der Waals surface area (Å²) >= 11 is 0. The Morgan fingerprint density at radius 2 is 2.39 bits per heavy atom. The lowest BCUT2D eigenvalue weighted by atomic mass is 10.2. The fraction of sp³-hybridized carbons (Fsp3) is 0.769.